The van der Waals surface area contributed by atoms with Crippen molar-refractivity contribution in [3.05, 3.63) is 57.2 Å². The second-order valence-electron chi connectivity index (χ2n) is 6.70. The van der Waals surface area contributed by atoms with Crippen LogP contribution in [-0.4, -0.2) is 28.9 Å². The summed E-state index contributed by atoms with van der Waals surface area (Å²) in [4.78, 5) is 11.2. The summed E-state index contributed by atoms with van der Waals surface area (Å²) in [6.45, 7) is 8.02. The quantitative estimate of drug-likeness (QED) is 0.594. The number of pyridine rings is 1. The minimum absolute atomic E-state index is 0.296. The van der Waals surface area contributed by atoms with Crippen LogP contribution < -0.4 is 10.6 Å². The Kier molecular flexibility index (Phi) is 6.99. The summed E-state index contributed by atoms with van der Waals surface area (Å²) >= 11 is 0. The first-order chi connectivity index (χ1) is 12.9. The molecule has 0 saturated heterocycles. The second kappa shape index (κ2) is 9.21. The highest BCUT2D eigenvalue weighted by molar-refractivity contribution is 6.08. The maximum Gasteiger partial charge on any atom is 0.215 e. The molecule has 0 amide bonds. The molecule has 0 aromatic carbocycles. The minimum Gasteiger partial charge on any atom is -0.358 e. The van der Waals surface area contributed by atoms with Gasteiger partial charge in [0, 0.05) is 52.4 Å². The van der Waals surface area contributed by atoms with Crippen molar-refractivity contribution in [3.63, 3.8) is 0 Å². The lowest BCUT2D eigenvalue weighted by molar-refractivity contribution is 0.574. The van der Waals surface area contributed by atoms with Crippen LogP contribution in [0.1, 0.15) is 55.5 Å². The van der Waals surface area contributed by atoms with Gasteiger partial charge in [0.15, 0.2) is 0 Å². The largest absolute Gasteiger partial charge is 0.358 e. The molecule has 0 saturated carbocycles. The fourth-order valence-electron chi connectivity index (χ4n) is 2.88. The Labute approximate surface area is 159 Å². The predicted molar refractivity (Wildman–Crippen MR) is 113 cm³/mol. The number of H-pyrrole nitrogens is 1. The fourth-order valence-corrected chi connectivity index (χ4v) is 2.88. The van der Waals surface area contributed by atoms with Crippen LogP contribution in [0.5, 0.6) is 0 Å². The first-order valence-electron chi connectivity index (χ1n) is 9.12. The molecule has 2 aromatic rings. The molecule has 4 nitrogen and oxygen atoms in total. The number of halogens is 1. The number of nitrogens with zero attached hydrogens (tertiary/aromatic N) is 2. The zero-order chi connectivity index (χ0) is 20.0. The molecule has 0 unspecified atom stereocenters. The van der Waals surface area contributed by atoms with E-state index in [4.69, 9.17) is 5.41 Å². The first-order valence-corrected chi connectivity index (χ1v) is 9.12. The van der Waals surface area contributed by atoms with Crippen LogP contribution in [0, 0.1) is 18.3 Å². The zero-order valence-corrected chi connectivity index (χ0v) is 16.6. The Morgan fingerprint density at radius 3 is 2.74 bits per heavy atom. The molecule has 0 aliphatic carbocycles. The van der Waals surface area contributed by atoms with Crippen LogP contribution >= 0.6 is 0 Å². The Morgan fingerprint density at radius 2 is 2.15 bits per heavy atom. The standard InChI is InChI=1S/C22H27FN4/c1-6-7-17-18(21(14(2)3)27-20(17)10-11-25-5)8-9-19(24)16-12-15(4)22(23)26-13-16/h7-14,24,27H,6H2,1-5H3/b9-8-,17-7-,20-10+,24-19?,25-11?. The molecule has 5 heteroatoms. The number of aromatic amines is 1. The number of aliphatic imine (C=N–C) groups is 1. The Bertz CT molecular complexity index is 994. The van der Waals surface area contributed by atoms with Gasteiger partial charge in [0.1, 0.15) is 0 Å². The summed E-state index contributed by atoms with van der Waals surface area (Å²) in [6.07, 6.45) is 11.9. The number of allylic oxidation sites excluding steroid dienone is 1. The van der Waals surface area contributed by atoms with E-state index < -0.39 is 5.95 Å². The Balaban J connectivity index is 2.54. The molecule has 2 N–H and O–H groups in total. The first kappa shape index (κ1) is 20.5. The van der Waals surface area contributed by atoms with Gasteiger partial charge < -0.3 is 10.4 Å². The van der Waals surface area contributed by atoms with Crippen molar-refractivity contribution in [2.45, 2.75) is 40.0 Å². The highest BCUT2D eigenvalue weighted by atomic mass is 19.1. The van der Waals surface area contributed by atoms with Crippen LogP contribution in [0.3, 0.4) is 0 Å². The molecular weight excluding hydrogens is 339 g/mol. The van der Waals surface area contributed by atoms with Crippen molar-refractivity contribution < 1.29 is 4.39 Å². The van der Waals surface area contributed by atoms with Gasteiger partial charge in [-0.3, -0.25) is 4.99 Å². The fraction of sp³-hybridized carbons (Fsp3) is 0.318. The van der Waals surface area contributed by atoms with E-state index in [-0.39, 0.29) is 0 Å². The molecular formula is C22H27FN4. The van der Waals surface area contributed by atoms with Crippen molar-refractivity contribution >= 4 is 30.2 Å². The highest BCUT2D eigenvalue weighted by Crippen LogP contribution is 2.15. The molecule has 0 aliphatic heterocycles. The predicted octanol–water partition coefficient (Wildman–Crippen LogP) is 3.73. The number of aromatic nitrogens is 2. The van der Waals surface area contributed by atoms with E-state index in [0.29, 0.717) is 22.8 Å². The highest BCUT2D eigenvalue weighted by Gasteiger charge is 2.10. The molecule has 142 valence electrons. The van der Waals surface area contributed by atoms with Crippen LogP contribution in [-0.2, 0) is 0 Å². The van der Waals surface area contributed by atoms with Crippen molar-refractivity contribution in [1.29, 1.82) is 5.41 Å². The molecule has 2 rings (SSSR count). The topological polar surface area (TPSA) is 64.9 Å². The van der Waals surface area contributed by atoms with Crippen LogP contribution in [0.15, 0.2) is 23.3 Å². The van der Waals surface area contributed by atoms with Crippen molar-refractivity contribution in [2.24, 2.45) is 4.99 Å². The van der Waals surface area contributed by atoms with Crippen LogP contribution in [0.2, 0.25) is 0 Å². The van der Waals surface area contributed by atoms with Gasteiger partial charge in [-0.05, 0) is 37.5 Å². The third kappa shape index (κ3) is 4.88. The van der Waals surface area contributed by atoms with E-state index in [1.54, 1.807) is 32.3 Å². The van der Waals surface area contributed by atoms with E-state index in [9.17, 15) is 4.39 Å². The molecule has 0 fully saturated rings. The van der Waals surface area contributed by atoms with Crippen LogP contribution in [0.25, 0.3) is 18.2 Å². The maximum atomic E-state index is 13.4. The van der Waals surface area contributed by atoms with Crippen molar-refractivity contribution in [1.82, 2.24) is 9.97 Å². The average molecular weight is 366 g/mol. The Hall–Kier alpha value is -2.82. The summed E-state index contributed by atoms with van der Waals surface area (Å²) < 4.78 is 13.4. The van der Waals surface area contributed by atoms with Crippen molar-refractivity contribution in [2.75, 3.05) is 7.05 Å². The smallest absolute Gasteiger partial charge is 0.215 e. The van der Waals surface area contributed by atoms with E-state index in [0.717, 1.165) is 28.2 Å². The van der Waals surface area contributed by atoms with Gasteiger partial charge in [0.25, 0.3) is 0 Å². The SMILES string of the molecule is CC/C=c1/c(/C=C\C(=N)c2cnc(F)c(C)c2)c(C(C)C)[nH]/c1=C/C=NC. The molecule has 0 atom stereocenters. The zero-order valence-electron chi connectivity index (χ0n) is 16.6. The van der Waals surface area contributed by atoms with Gasteiger partial charge in [-0.1, -0.05) is 32.9 Å². The molecule has 0 radical (unpaired) electrons. The molecule has 0 aliphatic rings. The van der Waals surface area contributed by atoms with Gasteiger partial charge >= 0.3 is 0 Å². The van der Waals surface area contributed by atoms with Crippen LogP contribution in [0.4, 0.5) is 4.39 Å². The molecule has 2 heterocycles. The summed E-state index contributed by atoms with van der Waals surface area (Å²) in [5.41, 5.74) is 3.51. The molecule has 0 bridgehead atoms. The van der Waals surface area contributed by atoms with Gasteiger partial charge in [-0.15, -0.1) is 0 Å². The van der Waals surface area contributed by atoms with Gasteiger partial charge in [0.05, 0.1) is 5.71 Å². The third-order valence-electron chi connectivity index (χ3n) is 4.26. The lowest BCUT2D eigenvalue weighted by Gasteiger charge is -2.05. The lowest BCUT2D eigenvalue weighted by atomic mass is 10.0. The maximum absolute atomic E-state index is 13.4. The van der Waals surface area contributed by atoms with Gasteiger partial charge in [0.2, 0.25) is 5.95 Å². The van der Waals surface area contributed by atoms with Crippen molar-refractivity contribution in [3.8, 4) is 0 Å². The third-order valence-corrected chi connectivity index (χ3v) is 4.26. The Morgan fingerprint density at radius 1 is 1.41 bits per heavy atom. The van der Waals surface area contributed by atoms with E-state index in [2.05, 4.69) is 41.8 Å². The number of hydrogen-bond acceptors (Lipinski definition) is 3. The van der Waals surface area contributed by atoms with E-state index in [1.165, 1.54) is 6.20 Å². The summed E-state index contributed by atoms with van der Waals surface area (Å²) in [7, 11) is 1.74. The number of rotatable bonds is 6. The molecule has 2 aromatic heterocycles. The summed E-state index contributed by atoms with van der Waals surface area (Å²) in [5.74, 6) is -0.195. The van der Waals surface area contributed by atoms with Gasteiger partial charge in [-0.2, -0.15) is 4.39 Å². The average Bonchev–Trinajstić information content (AvgIpc) is 2.98. The summed E-state index contributed by atoms with van der Waals surface area (Å²) in [5, 5.41) is 10.4. The monoisotopic (exact) mass is 366 g/mol. The molecule has 0 spiro atoms. The number of nitrogens with one attached hydrogen (secondary N) is 2. The van der Waals surface area contributed by atoms with E-state index in [1.807, 2.05) is 12.2 Å². The second-order valence-corrected chi connectivity index (χ2v) is 6.70. The van der Waals surface area contributed by atoms with E-state index >= 15 is 0 Å². The summed E-state index contributed by atoms with van der Waals surface area (Å²) in [6, 6.07) is 1.64. The number of aryl methyl sites for hydroxylation is 1. The number of hydrogen-bond donors (Lipinski definition) is 2. The lowest BCUT2D eigenvalue weighted by Crippen LogP contribution is -2.24. The minimum atomic E-state index is -0.499. The normalized spacial score (nSPS) is 13.6. The molecule has 27 heavy (non-hydrogen) atoms. The van der Waals surface area contributed by atoms with Gasteiger partial charge in [-0.25, -0.2) is 4.98 Å².